The number of nitrogens with two attached hydrogens (primary N) is 1. The maximum atomic E-state index is 14.4. The summed E-state index contributed by atoms with van der Waals surface area (Å²) in [5.74, 6) is -2.25. The summed E-state index contributed by atoms with van der Waals surface area (Å²) in [5, 5.41) is 9.68. The Balaban J connectivity index is 1.21. The molecule has 1 aromatic carbocycles. The maximum absolute atomic E-state index is 14.4. The predicted octanol–water partition coefficient (Wildman–Crippen LogP) is 2.02. The Bertz CT molecular complexity index is 1630. The highest BCUT2D eigenvalue weighted by Crippen LogP contribution is 2.50. The predicted molar refractivity (Wildman–Crippen MR) is 135 cm³/mol. The van der Waals surface area contributed by atoms with E-state index in [4.69, 9.17) is 10.2 Å². The highest BCUT2D eigenvalue weighted by atomic mass is 19.1. The molecule has 0 radical (unpaired) electrons. The van der Waals surface area contributed by atoms with E-state index in [1.165, 1.54) is 10.6 Å². The minimum atomic E-state index is -0.738. The molecule has 3 aromatic heterocycles. The number of rotatable bonds is 6. The van der Waals surface area contributed by atoms with Crippen molar-refractivity contribution >= 4 is 28.6 Å². The molecular formula is C26H28FN7O4. The second-order valence-electron chi connectivity index (χ2n) is 10.7. The van der Waals surface area contributed by atoms with Crippen LogP contribution in [0.3, 0.4) is 0 Å². The molecule has 3 fully saturated rings. The van der Waals surface area contributed by atoms with Crippen molar-refractivity contribution in [1.29, 1.82) is 0 Å². The number of carbonyl (C=O) groups is 2. The van der Waals surface area contributed by atoms with Crippen LogP contribution in [0.4, 0.5) is 4.39 Å². The van der Waals surface area contributed by atoms with Crippen molar-refractivity contribution in [3.05, 3.63) is 63.8 Å². The van der Waals surface area contributed by atoms with E-state index in [0.717, 1.165) is 54.8 Å². The molecule has 2 amide bonds. The molecule has 3 heterocycles. The largest absolute Gasteiger partial charge is 0.419 e. The van der Waals surface area contributed by atoms with Crippen LogP contribution in [-0.2, 0) is 13.6 Å². The van der Waals surface area contributed by atoms with E-state index in [1.54, 1.807) is 25.2 Å². The highest BCUT2D eigenvalue weighted by Gasteiger charge is 2.46. The van der Waals surface area contributed by atoms with E-state index in [2.05, 4.69) is 20.7 Å². The van der Waals surface area contributed by atoms with Gasteiger partial charge in [0.25, 0.3) is 11.8 Å². The second kappa shape index (κ2) is 8.76. The number of fused-ring (bicyclic) bond motifs is 5. The van der Waals surface area contributed by atoms with Crippen molar-refractivity contribution in [2.24, 2.45) is 18.2 Å². The minimum Gasteiger partial charge on any atom is -0.408 e. The number of nitrogens with zero attached hydrogens (tertiary/aromatic N) is 4. The zero-order valence-corrected chi connectivity index (χ0v) is 20.9. The van der Waals surface area contributed by atoms with Gasteiger partial charge < -0.3 is 20.8 Å². The summed E-state index contributed by atoms with van der Waals surface area (Å²) in [6.45, 7) is 0.603. The molecule has 0 aliphatic heterocycles. The smallest absolute Gasteiger partial charge is 0.408 e. The molecule has 3 aliphatic carbocycles. The van der Waals surface area contributed by atoms with Gasteiger partial charge in [0.1, 0.15) is 11.4 Å². The van der Waals surface area contributed by atoms with Gasteiger partial charge in [-0.05, 0) is 61.6 Å². The molecule has 3 saturated carbocycles. The summed E-state index contributed by atoms with van der Waals surface area (Å²) in [7, 11) is 1.59. The van der Waals surface area contributed by atoms with E-state index < -0.39 is 23.4 Å². The maximum Gasteiger partial charge on any atom is 0.419 e. The summed E-state index contributed by atoms with van der Waals surface area (Å²) in [6.07, 6.45) is 6.67. The fourth-order valence-electron chi connectivity index (χ4n) is 5.69. The molecule has 198 valence electrons. The Hall–Kier alpha value is -4.06. The number of carbonyl (C=O) groups excluding carboxylic acids is 2. The fraction of sp³-hybridized carbons (Fsp3) is 0.423. The quantitative estimate of drug-likeness (QED) is 0.351. The molecule has 38 heavy (non-hydrogen) atoms. The molecule has 4 aromatic rings. The van der Waals surface area contributed by atoms with Crippen LogP contribution in [0.5, 0.6) is 0 Å². The van der Waals surface area contributed by atoms with Crippen LogP contribution < -0.4 is 22.1 Å². The Kier molecular flexibility index (Phi) is 5.60. The number of oxazole rings is 1. The van der Waals surface area contributed by atoms with Crippen molar-refractivity contribution in [3.63, 3.8) is 0 Å². The topological polar surface area (TPSA) is 150 Å². The van der Waals surface area contributed by atoms with Gasteiger partial charge in [-0.25, -0.2) is 18.7 Å². The molecule has 4 N–H and O–H groups in total. The van der Waals surface area contributed by atoms with Crippen molar-refractivity contribution in [2.75, 3.05) is 6.54 Å². The number of amides is 2. The van der Waals surface area contributed by atoms with E-state index >= 15 is 0 Å². The van der Waals surface area contributed by atoms with Crippen molar-refractivity contribution in [2.45, 2.75) is 50.6 Å². The summed E-state index contributed by atoms with van der Waals surface area (Å²) in [5.41, 5.74) is 7.80. The average Bonchev–Trinajstić information content (AvgIpc) is 3.44. The SMILES string of the molecule is Cn1c(=O)oc2ccc(CNC(=O)c3cc(C(=O)NCC45CCC(N)(CC4)CC5)n4ncc(F)c4n3)cc21. The third kappa shape index (κ3) is 4.14. The molecule has 12 heteroatoms. The Morgan fingerprint density at radius 3 is 2.58 bits per heavy atom. The van der Waals surface area contributed by atoms with Gasteiger partial charge in [0.2, 0.25) is 0 Å². The van der Waals surface area contributed by atoms with Crippen molar-refractivity contribution < 1.29 is 18.4 Å². The molecule has 7 rings (SSSR count). The van der Waals surface area contributed by atoms with E-state index in [-0.39, 0.29) is 34.5 Å². The van der Waals surface area contributed by atoms with Gasteiger partial charge >= 0.3 is 5.76 Å². The number of aromatic nitrogens is 4. The van der Waals surface area contributed by atoms with Gasteiger partial charge in [0, 0.05) is 31.7 Å². The van der Waals surface area contributed by atoms with E-state index in [0.29, 0.717) is 17.6 Å². The molecule has 11 nitrogen and oxygen atoms in total. The molecule has 0 unspecified atom stereocenters. The summed E-state index contributed by atoms with van der Waals surface area (Å²) in [6, 6.07) is 6.43. The standard InChI is InChI=1S/C26H28FN7O4/c1-33-18-10-15(2-3-20(18)38-24(33)37)12-29-22(35)17-11-19(34-21(32-17)16(27)13-31-34)23(36)30-14-25-4-7-26(28,8-5-25)9-6-25/h2-3,10-11,13H,4-9,12,14,28H2,1H3,(H,29,35)(H,30,36). The van der Waals surface area contributed by atoms with Crippen LogP contribution in [0, 0.1) is 11.2 Å². The summed E-state index contributed by atoms with van der Waals surface area (Å²) in [4.78, 5) is 42.1. The normalized spacial score (nSPS) is 22.7. The number of hydrogen-bond acceptors (Lipinski definition) is 7. The molecule has 0 atom stereocenters. The zero-order valence-electron chi connectivity index (χ0n) is 20.9. The van der Waals surface area contributed by atoms with Crippen LogP contribution in [0.1, 0.15) is 65.1 Å². The number of nitrogens with one attached hydrogen (secondary N) is 2. The number of hydrogen-bond donors (Lipinski definition) is 3. The number of halogens is 1. The van der Waals surface area contributed by atoms with Gasteiger partial charge in [-0.1, -0.05) is 6.07 Å². The third-order valence-corrected chi connectivity index (χ3v) is 8.29. The van der Waals surface area contributed by atoms with Crippen LogP contribution in [0.25, 0.3) is 16.7 Å². The zero-order chi connectivity index (χ0) is 26.7. The first-order valence-electron chi connectivity index (χ1n) is 12.6. The lowest BCUT2D eigenvalue weighted by atomic mass is 9.57. The highest BCUT2D eigenvalue weighted by molar-refractivity contribution is 5.98. The minimum absolute atomic E-state index is 0.0120. The monoisotopic (exact) mass is 521 g/mol. The lowest BCUT2D eigenvalue weighted by Gasteiger charge is -2.51. The number of benzene rings is 1. The first kappa shape index (κ1) is 24.3. The van der Waals surface area contributed by atoms with Gasteiger partial charge in [-0.2, -0.15) is 5.10 Å². The van der Waals surface area contributed by atoms with Crippen LogP contribution in [0.15, 0.2) is 39.7 Å². The Morgan fingerprint density at radius 1 is 1.11 bits per heavy atom. The molecule has 0 spiro atoms. The molecular weight excluding hydrogens is 493 g/mol. The molecule has 0 saturated heterocycles. The van der Waals surface area contributed by atoms with Crippen LogP contribution in [-0.4, -0.2) is 43.1 Å². The average molecular weight is 522 g/mol. The van der Waals surface area contributed by atoms with Gasteiger partial charge in [0.05, 0.1) is 11.7 Å². The van der Waals surface area contributed by atoms with Crippen molar-refractivity contribution in [1.82, 2.24) is 29.8 Å². The van der Waals surface area contributed by atoms with Gasteiger partial charge in [0.15, 0.2) is 17.0 Å². The first-order chi connectivity index (χ1) is 18.2. The number of aryl methyl sites for hydroxylation is 1. The van der Waals surface area contributed by atoms with Crippen LogP contribution >= 0.6 is 0 Å². The van der Waals surface area contributed by atoms with Gasteiger partial charge in [-0.3, -0.25) is 14.2 Å². The Labute approximate surface area is 216 Å². The molecule has 2 bridgehead atoms. The van der Waals surface area contributed by atoms with Crippen molar-refractivity contribution in [3.8, 4) is 0 Å². The lowest BCUT2D eigenvalue weighted by Crippen LogP contribution is -2.54. The fourth-order valence-corrected chi connectivity index (χ4v) is 5.69. The van der Waals surface area contributed by atoms with Gasteiger partial charge in [-0.15, -0.1) is 0 Å². The summed E-state index contributed by atoms with van der Waals surface area (Å²) >= 11 is 0. The molecule has 3 aliphatic rings. The lowest BCUT2D eigenvalue weighted by molar-refractivity contribution is 0.0429. The Morgan fingerprint density at radius 2 is 1.84 bits per heavy atom. The van der Waals surface area contributed by atoms with Crippen LogP contribution in [0.2, 0.25) is 0 Å². The first-order valence-corrected chi connectivity index (χ1v) is 12.6. The van der Waals surface area contributed by atoms with E-state index in [1.807, 2.05) is 0 Å². The van der Waals surface area contributed by atoms with E-state index in [9.17, 15) is 18.8 Å². The summed E-state index contributed by atoms with van der Waals surface area (Å²) < 4.78 is 22.1. The second-order valence-corrected chi connectivity index (χ2v) is 10.7. The third-order valence-electron chi connectivity index (χ3n) is 8.29.